The number of H-pyrrole nitrogens is 1. The highest BCUT2D eigenvalue weighted by atomic mass is 16.5. The topological polar surface area (TPSA) is 71.2 Å². The van der Waals surface area contributed by atoms with Crippen LogP contribution in [0, 0.1) is 0 Å². The maximum absolute atomic E-state index is 12.5. The summed E-state index contributed by atoms with van der Waals surface area (Å²) in [4.78, 5) is 27.0. The van der Waals surface area contributed by atoms with Gasteiger partial charge in [0.1, 0.15) is 5.75 Å². The Balaban J connectivity index is 1.64. The first-order valence-corrected chi connectivity index (χ1v) is 8.62. The molecule has 1 heterocycles. The number of nitrogens with one attached hydrogen (secondary N) is 2. The van der Waals surface area contributed by atoms with Gasteiger partial charge in [-0.25, -0.2) is 0 Å². The van der Waals surface area contributed by atoms with Gasteiger partial charge in [0.25, 0.3) is 11.5 Å². The van der Waals surface area contributed by atoms with Gasteiger partial charge in [-0.05, 0) is 36.1 Å². The molecule has 0 spiro atoms. The Kier molecular flexibility index (Phi) is 5.37. The summed E-state index contributed by atoms with van der Waals surface area (Å²) in [5.41, 5.74) is 1.50. The van der Waals surface area contributed by atoms with Crippen LogP contribution in [-0.2, 0) is 0 Å². The molecule has 0 bridgehead atoms. The van der Waals surface area contributed by atoms with Crippen molar-refractivity contribution in [1.29, 1.82) is 0 Å². The second kappa shape index (κ2) is 7.87. The molecule has 0 aliphatic rings. The van der Waals surface area contributed by atoms with Gasteiger partial charge in [0.15, 0.2) is 0 Å². The van der Waals surface area contributed by atoms with Crippen LogP contribution in [0.4, 0.5) is 0 Å². The first kappa shape index (κ1) is 17.7. The van der Waals surface area contributed by atoms with E-state index in [0.29, 0.717) is 28.8 Å². The third-order valence-corrected chi connectivity index (χ3v) is 4.60. The summed E-state index contributed by atoms with van der Waals surface area (Å²) in [7, 11) is 1.65. The Labute approximate surface area is 152 Å². The number of amides is 1. The van der Waals surface area contributed by atoms with Crippen LogP contribution in [0.1, 0.15) is 35.2 Å². The maximum Gasteiger partial charge on any atom is 0.255 e. The summed E-state index contributed by atoms with van der Waals surface area (Å²) >= 11 is 0. The molecule has 0 radical (unpaired) electrons. The van der Waals surface area contributed by atoms with Gasteiger partial charge < -0.3 is 15.0 Å². The fraction of sp³-hybridized carbons (Fsp3) is 0.238. The Morgan fingerprint density at radius 1 is 1.12 bits per heavy atom. The molecule has 5 heteroatoms. The van der Waals surface area contributed by atoms with Crippen LogP contribution < -0.4 is 15.6 Å². The molecule has 134 valence electrons. The summed E-state index contributed by atoms with van der Waals surface area (Å²) in [6.45, 7) is 2.68. The highest BCUT2D eigenvalue weighted by Gasteiger charge is 2.12. The smallest absolute Gasteiger partial charge is 0.255 e. The van der Waals surface area contributed by atoms with Gasteiger partial charge in [0.05, 0.1) is 12.7 Å². The van der Waals surface area contributed by atoms with Crippen molar-refractivity contribution in [2.24, 2.45) is 0 Å². The van der Waals surface area contributed by atoms with Crippen molar-refractivity contribution in [2.75, 3.05) is 13.7 Å². The summed E-state index contributed by atoms with van der Waals surface area (Å²) < 4.78 is 5.17. The molecule has 5 nitrogen and oxygen atoms in total. The quantitative estimate of drug-likeness (QED) is 0.715. The van der Waals surface area contributed by atoms with Crippen molar-refractivity contribution in [3.05, 3.63) is 76.2 Å². The SMILES string of the molecule is COc1ccc(C(C)CCNC(=O)c2c[nH]c(=O)c3ccccc23)cc1. The predicted molar refractivity (Wildman–Crippen MR) is 103 cm³/mol. The summed E-state index contributed by atoms with van der Waals surface area (Å²) in [6, 6.07) is 15.1. The molecular formula is C21H22N2O3. The predicted octanol–water partition coefficient (Wildman–Crippen LogP) is 3.46. The molecule has 0 aliphatic heterocycles. The van der Waals surface area contributed by atoms with E-state index in [2.05, 4.69) is 17.2 Å². The van der Waals surface area contributed by atoms with E-state index in [1.807, 2.05) is 30.3 Å². The number of hydrogen-bond acceptors (Lipinski definition) is 3. The van der Waals surface area contributed by atoms with Crippen molar-refractivity contribution in [1.82, 2.24) is 10.3 Å². The van der Waals surface area contributed by atoms with Crippen LogP contribution in [0.3, 0.4) is 0 Å². The molecule has 3 aromatic rings. The van der Waals surface area contributed by atoms with Crippen LogP contribution in [0.2, 0.25) is 0 Å². The molecule has 26 heavy (non-hydrogen) atoms. The molecule has 2 aromatic carbocycles. The third kappa shape index (κ3) is 3.77. The maximum atomic E-state index is 12.5. The summed E-state index contributed by atoms with van der Waals surface area (Å²) in [5, 5.41) is 4.13. The van der Waals surface area contributed by atoms with Crippen LogP contribution in [0.5, 0.6) is 5.75 Å². The van der Waals surface area contributed by atoms with Crippen LogP contribution in [-0.4, -0.2) is 24.5 Å². The van der Waals surface area contributed by atoms with Gasteiger partial charge in [0, 0.05) is 23.5 Å². The summed E-state index contributed by atoms with van der Waals surface area (Å²) in [5.74, 6) is 0.965. The molecule has 0 saturated carbocycles. The van der Waals surface area contributed by atoms with Crippen LogP contribution >= 0.6 is 0 Å². The van der Waals surface area contributed by atoms with Crippen molar-refractivity contribution in [3.8, 4) is 5.75 Å². The molecule has 1 atom stereocenters. The van der Waals surface area contributed by atoms with Crippen molar-refractivity contribution >= 4 is 16.7 Å². The zero-order valence-electron chi connectivity index (χ0n) is 14.9. The fourth-order valence-electron chi connectivity index (χ4n) is 2.99. The van der Waals surface area contributed by atoms with E-state index < -0.39 is 0 Å². The van der Waals surface area contributed by atoms with E-state index in [1.54, 1.807) is 25.3 Å². The number of methoxy groups -OCH3 is 1. The number of carbonyl (C=O) groups is 1. The van der Waals surface area contributed by atoms with Gasteiger partial charge in [-0.2, -0.15) is 0 Å². The van der Waals surface area contributed by atoms with Crippen molar-refractivity contribution < 1.29 is 9.53 Å². The average molecular weight is 350 g/mol. The van der Waals surface area contributed by atoms with Crippen molar-refractivity contribution in [3.63, 3.8) is 0 Å². The van der Waals surface area contributed by atoms with E-state index in [1.165, 1.54) is 11.8 Å². The number of pyridine rings is 1. The van der Waals surface area contributed by atoms with E-state index in [9.17, 15) is 9.59 Å². The van der Waals surface area contributed by atoms with Crippen LogP contribution in [0.15, 0.2) is 59.5 Å². The number of rotatable bonds is 6. The zero-order chi connectivity index (χ0) is 18.5. The molecule has 1 amide bonds. The lowest BCUT2D eigenvalue weighted by Gasteiger charge is -2.13. The van der Waals surface area contributed by atoms with E-state index in [4.69, 9.17) is 4.74 Å². The lowest BCUT2D eigenvalue weighted by atomic mass is 9.97. The van der Waals surface area contributed by atoms with Crippen LogP contribution in [0.25, 0.3) is 10.8 Å². The summed E-state index contributed by atoms with van der Waals surface area (Å²) in [6.07, 6.45) is 2.30. The minimum absolute atomic E-state index is 0.181. The lowest BCUT2D eigenvalue weighted by molar-refractivity contribution is 0.0954. The zero-order valence-corrected chi connectivity index (χ0v) is 14.9. The number of hydrogen-bond donors (Lipinski definition) is 2. The van der Waals surface area contributed by atoms with Gasteiger partial charge in [0.2, 0.25) is 0 Å². The molecular weight excluding hydrogens is 328 g/mol. The number of aromatic nitrogens is 1. The largest absolute Gasteiger partial charge is 0.497 e. The number of aromatic amines is 1. The Morgan fingerprint density at radius 3 is 2.50 bits per heavy atom. The second-order valence-corrected chi connectivity index (χ2v) is 6.30. The normalized spacial score (nSPS) is 11.9. The second-order valence-electron chi connectivity index (χ2n) is 6.30. The molecule has 0 fully saturated rings. The molecule has 0 aliphatic carbocycles. The van der Waals surface area contributed by atoms with Gasteiger partial charge >= 0.3 is 0 Å². The van der Waals surface area contributed by atoms with Gasteiger partial charge in [-0.1, -0.05) is 37.3 Å². The number of fused-ring (bicyclic) bond motifs is 1. The minimum atomic E-state index is -0.190. The third-order valence-electron chi connectivity index (χ3n) is 4.60. The first-order valence-electron chi connectivity index (χ1n) is 8.62. The Hall–Kier alpha value is -3.08. The van der Waals surface area contributed by atoms with Gasteiger partial charge in [-0.15, -0.1) is 0 Å². The average Bonchev–Trinajstić information content (AvgIpc) is 2.68. The van der Waals surface area contributed by atoms with E-state index in [0.717, 1.165) is 12.2 Å². The lowest BCUT2D eigenvalue weighted by Crippen LogP contribution is -2.26. The Morgan fingerprint density at radius 2 is 1.81 bits per heavy atom. The van der Waals surface area contributed by atoms with Gasteiger partial charge in [-0.3, -0.25) is 9.59 Å². The van der Waals surface area contributed by atoms with E-state index in [-0.39, 0.29) is 11.5 Å². The molecule has 1 aromatic heterocycles. The highest BCUT2D eigenvalue weighted by molar-refractivity contribution is 6.06. The molecule has 2 N–H and O–H groups in total. The molecule has 1 unspecified atom stereocenters. The number of ether oxygens (including phenoxy) is 1. The fourth-order valence-corrected chi connectivity index (χ4v) is 2.99. The molecule has 0 saturated heterocycles. The monoisotopic (exact) mass is 350 g/mol. The highest BCUT2D eigenvalue weighted by Crippen LogP contribution is 2.21. The standard InChI is InChI=1S/C21H22N2O3/c1-14(15-7-9-16(26-2)10-8-15)11-12-22-21(25)19-13-23-20(24)18-6-4-3-5-17(18)19/h3-10,13-14H,11-12H2,1-2H3,(H,22,25)(H,23,24). The Bertz CT molecular complexity index is 961. The molecule has 3 rings (SSSR count). The number of benzene rings is 2. The van der Waals surface area contributed by atoms with E-state index >= 15 is 0 Å². The van der Waals surface area contributed by atoms with Crippen molar-refractivity contribution in [2.45, 2.75) is 19.3 Å². The number of carbonyl (C=O) groups excluding carboxylic acids is 1. The first-order chi connectivity index (χ1) is 12.6. The minimum Gasteiger partial charge on any atom is -0.497 e.